The van der Waals surface area contributed by atoms with Gasteiger partial charge in [-0.2, -0.15) is 0 Å². The summed E-state index contributed by atoms with van der Waals surface area (Å²) in [7, 11) is 1.80. The number of aromatic nitrogens is 1. The van der Waals surface area contributed by atoms with Gasteiger partial charge in [-0.15, -0.1) is 11.3 Å². The predicted octanol–water partition coefficient (Wildman–Crippen LogP) is 2.49. The summed E-state index contributed by atoms with van der Waals surface area (Å²) in [6.07, 6.45) is 1.90. The molecule has 0 atom stereocenters. The molecule has 1 fully saturated rings. The summed E-state index contributed by atoms with van der Waals surface area (Å²) in [6, 6.07) is 6.95. The molecule has 0 radical (unpaired) electrons. The summed E-state index contributed by atoms with van der Waals surface area (Å²) in [4.78, 5) is 14.1. The van der Waals surface area contributed by atoms with Crippen LogP contribution in [0.1, 0.15) is 9.88 Å². The van der Waals surface area contributed by atoms with Gasteiger partial charge in [0.15, 0.2) is 5.96 Å². The van der Waals surface area contributed by atoms with Crippen molar-refractivity contribution in [2.75, 3.05) is 38.1 Å². The maximum atomic E-state index is 13.9. The van der Waals surface area contributed by atoms with Gasteiger partial charge < -0.3 is 15.1 Å². The van der Waals surface area contributed by atoms with Crippen molar-refractivity contribution in [2.24, 2.45) is 4.99 Å². The number of benzene rings is 1. The molecule has 1 aromatic heterocycles. The lowest BCUT2D eigenvalue weighted by Crippen LogP contribution is -2.52. The lowest BCUT2D eigenvalue weighted by Gasteiger charge is -2.37. The van der Waals surface area contributed by atoms with Crippen LogP contribution in [0.15, 0.2) is 35.5 Å². The SMILES string of the molecule is CN=C(NCc1cnc(C)s1)N1CCN(c2ccccc2F)CC1. The van der Waals surface area contributed by atoms with E-state index < -0.39 is 0 Å². The van der Waals surface area contributed by atoms with Crippen LogP contribution in [0.5, 0.6) is 0 Å². The first-order valence-electron chi connectivity index (χ1n) is 8.04. The highest BCUT2D eigenvalue weighted by atomic mass is 32.1. The van der Waals surface area contributed by atoms with Crippen LogP contribution in [-0.4, -0.2) is 49.1 Å². The number of halogens is 1. The fourth-order valence-electron chi connectivity index (χ4n) is 2.85. The second-order valence-corrected chi connectivity index (χ2v) is 6.99. The molecule has 1 N–H and O–H groups in total. The average molecular weight is 347 g/mol. The van der Waals surface area contributed by atoms with Gasteiger partial charge in [0.2, 0.25) is 0 Å². The van der Waals surface area contributed by atoms with E-state index in [1.807, 2.05) is 25.3 Å². The Morgan fingerprint density at radius 3 is 2.67 bits per heavy atom. The Kier molecular flexibility index (Phi) is 5.30. The zero-order chi connectivity index (χ0) is 16.9. The lowest BCUT2D eigenvalue weighted by molar-refractivity contribution is 0.371. The molecule has 1 aliphatic heterocycles. The number of hydrogen-bond acceptors (Lipinski definition) is 4. The van der Waals surface area contributed by atoms with Crippen molar-refractivity contribution in [1.82, 2.24) is 15.2 Å². The van der Waals surface area contributed by atoms with E-state index in [9.17, 15) is 4.39 Å². The van der Waals surface area contributed by atoms with Crippen molar-refractivity contribution in [3.63, 3.8) is 0 Å². The molecule has 2 heterocycles. The fourth-order valence-corrected chi connectivity index (χ4v) is 3.59. The summed E-state index contributed by atoms with van der Waals surface area (Å²) in [6.45, 7) is 5.92. The van der Waals surface area contributed by atoms with E-state index in [2.05, 4.69) is 25.1 Å². The number of aryl methyl sites for hydroxylation is 1. The molecule has 0 bridgehead atoms. The Bertz CT molecular complexity index is 707. The second-order valence-electron chi connectivity index (χ2n) is 5.67. The smallest absolute Gasteiger partial charge is 0.194 e. The first-order chi connectivity index (χ1) is 11.7. The second kappa shape index (κ2) is 7.61. The number of anilines is 1. The van der Waals surface area contributed by atoms with E-state index in [-0.39, 0.29) is 5.82 Å². The van der Waals surface area contributed by atoms with E-state index in [1.165, 1.54) is 10.9 Å². The number of hydrogen-bond donors (Lipinski definition) is 1. The highest BCUT2D eigenvalue weighted by Gasteiger charge is 2.21. The minimum absolute atomic E-state index is 0.158. The van der Waals surface area contributed by atoms with Crippen LogP contribution >= 0.6 is 11.3 Å². The molecule has 0 spiro atoms. The Balaban J connectivity index is 1.55. The van der Waals surface area contributed by atoms with Gasteiger partial charge in [0.25, 0.3) is 0 Å². The van der Waals surface area contributed by atoms with Crippen molar-refractivity contribution in [1.29, 1.82) is 0 Å². The number of piperazine rings is 1. The molecule has 0 unspecified atom stereocenters. The van der Waals surface area contributed by atoms with Gasteiger partial charge >= 0.3 is 0 Å². The zero-order valence-electron chi connectivity index (χ0n) is 14.0. The summed E-state index contributed by atoms with van der Waals surface area (Å²) in [5.41, 5.74) is 0.681. The van der Waals surface area contributed by atoms with Crippen LogP contribution in [0.3, 0.4) is 0 Å². The van der Waals surface area contributed by atoms with Gasteiger partial charge in [-0.05, 0) is 19.1 Å². The van der Waals surface area contributed by atoms with Crippen LogP contribution in [-0.2, 0) is 6.54 Å². The number of rotatable bonds is 3. The Morgan fingerprint density at radius 1 is 1.29 bits per heavy atom. The molecule has 0 saturated carbocycles. The molecule has 1 aromatic carbocycles. The molecule has 3 rings (SSSR count). The Hall–Kier alpha value is -2.15. The number of nitrogens with one attached hydrogen (secondary N) is 1. The molecular formula is C17H22FN5S. The first-order valence-corrected chi connectivity index (χ1v) is 8.85. The van der Waals surface area contributed by atoms with E-state index in [1.54, 1.807) is 24.5 Å². The van der Waals surface area contributed by atoms with Gasteiger partial charge in [-0.1, -0.05) is 12.1 Å². The van der Waals surface area contributed by atoms with Crippen LogP contribution in [0, 0.1) is 12.7 Å². The lowest BCUT2D eigenvalue weighted by atomic mass is 10.2. The van der Waals surface area contributed by atoms with Gasteiger partial charge in [0.1, 0.15) is 5.82 Å². The van der Waals surface area contributed by atoms with Crippen molar-refractivity contribution < 1.29 is 4.39 Å². The molecular weight excluding hydrogens is 325 g/mol. The molecule has 0 aliphatic carbocycles. The fraction of sp³-hybridized carbons (Fsp3) is 0.412. The number of guanidine groups is 1. The van der Waals surface area contributed by atoms with Gasteiger partial charge in [0, 0.05) is 44.3 Å². The van der Waals surface area contributed by atoms with Crippen LogP contribution in [0.25, 0.3) is 0 Å². The summed E-state index contributed by atoms with van der Waals surface area (Å²) >= 11 is 1.69. The summed E-state index contributed by atoms with van der Waals surface area (Å²) < 4.78 is 13.9. The Morgan fingerprint density at radius 2 is 2.04 bits per heavy atom. The summed E-state index contributed by atoms with van der Waals surface area (Å²) in [5, 5.41) is 4.46. The van der Waals surface area contributed by atoms with Gasteiger partial charge in [-0.3, -0.25) is 4.99 Å². The number of para-hydroxylation sites is 1. The van der Waals surface area contributed by atoms with E-state index >= 15 is 0 Å². The topological polar surface area (TPSA) is 43.8 Å². The molecule has 2 aromatic rings. The van der Waals surface area contributed by atoms with E-state index in [4.69, 9.17) is 0 Å². The molecule has 7 heteroatoms. The molecule has 1 saturated heterocycles. The van der Waals surface area contributed by atoms with Crippen LogP contribution in [0.4, 0.5) is 10.1 Å². The third-order valence-corrected chi connectivity index (χ3v) is 4.99. The number of aliphatic imine (C=N–C) groups is 1. The molecule has 24 heavy (non-hydrogen) atoms. The van der Waals surface area contributed by atoms with Crippen molar-refractivity contribution in [3.05, 3.63) is 46.2 Å². The first kappa shape index (κ1) is 16.7. The maximum absolute atomic E-state index is 13.9. The minimum atomic E-state index is -0.158. The van der Waals surface area contributed by atoms with Crippen LogP contribution in [0.2, 0.25) is 0 Å². The van der Waals surface area contributed by atoms with Crippen molar-refractivity contribution in [2.45, 2.75) is 13.5 Å². The Labute approximate surface area is 145 Å². The highest BCUT2D eigenvalue weighted by Crippen LogP contribution is 2.20. The van der Waals surface area contributed by atoms with E-state index in [0.717, 1.165) is 43.7 Å². The molecule has 0 amide bonds. The minimum Gasteiger partial charge on any atom is -0.366 e. The quantitative estimate of drug-likeness (QED) is 0.684. The normalized spacial score (nSPS) is 15.7. The van der Waals surface area contributed by atoms with Crippen molar-refractivity contribution >= 4 is 23.0 Å². The third-order valence-electron chi connectivity index (χ3n) is 4.07. The largest absolute Gasteiger partial charge is 0.366 e. The molecule has 128 valence electrons. The molecule has 5 nitrogen and oxygen atoms in total. The summed E-state index contributed by atoms with van der Waals surface area (Å²) in [5.74, 6) is 0.725. The van der Waals surface area contributed by atoms with E-state index in [0.29, 0.717) is 5.69 Å². The maximum Gasteiger partial charge on any atom is 0.194 e. The van der Waals surface area contributed by atoms with Crippen molar-refractivity contribution in [3.8, 4) is 0 Å². The van der Waals surface area contributed by atoms with Crippen LogP contribution < -0.4 is 10.2 Å². The standard InChI is InChI=1S/C17H22FN5S/c1-13-20-11-14(24-13)12-21-17(19-2)23-9-7-22(8-10-23)16-6-4-3-5-15(16)18/h3-6,11H,7-10,12H2,1-2H3,(H,19,21). The third kappa shape index (κ3) is 3.84. The number of thiazole rings is 1. The molecule has 1 aliphatic rings. The predicted molar refractivity (Wildman–Crippen MR) is 97.2 cm³/mol. The zero-order valence-corrected chi connectivity index (χ0v) is 14.8. The monoisotopic (exact) mass is 347 g/mol. The average Bonchev–Trinajstić information content (AvgIpc) is 3.02. The number of nitrogens with zero attached hydrogens (tertiary/aromatic N) is 4. The van der Waals surface area contributed by atoms with Gasteiger partial charge in [-0.25, -0.2) is 9.37 Å². The highest BCUT2D eigenvalue weighted by molar-refractivity contribution is 7.11. The van der Waals surface area contributed by atoms with Gasteiger partial charge in [0.05, 0.1) is 17.2 Å².